The van der Waals surface area contributed by atoms with Crippen LogP contribution in [0.5, 0.6) is 0 Å². The van der Waals surface area contributed by atoms with Gasteiger partial charge in [-0.2, -0.15) is 0 Å². The molecule has 10 heavy (non-hydrogen) atoms. The Kier molecular flexibility index (Phi) is 4.92. The molecule has 0 aromatic heterocycles. The van der Waals surface area contributed by atoms with Gasteiger partial charge in [-0.15, -0.1) is 0 Å². The van der Waals surface area contributed by atoms with Gasteiger partial charge in [0.25, 0.3) is 0 Å². The number of nitrogens with zero attached hydrogens (tertiary/aromatic N) is 1. The predicted molar refractivity (Wildman–Crippen MR) is 39.6 cm³/mol. The van der Waals surface area contributed by atoms with Crippen molar-refractivity contribution in [3.8, 4) is 0 Å². The molecule has 0 fully saturated rings. The first-order valence-corrected chi connectivity index (χ1v) is 3.82. The predicted octanol–water partition coefficient (Wildman–Crippen LogP) is 0.775. The van der Waals surface area contributed by atoms with Crippen molar-refractivity contribution >= 4 is 27.6 Å². The maximum absolute atomic E-state index is 10.7. The highest BCUT2D eigenvalue weighted by molar-refractivity contribution is 9.09. The summed E-state index contributed by atoms with van der Waals surface area (Å²) in [5.41, 5.74) is -0.0261. The molecule has 4 nitrogen and oxygen atoms in total. The number of carbonyl (C=O) groups is 1. The first kappa shape index (κ1) is 9.42. The second-order valence-corrected chi connectivity index (χ2v) is 1.96. The average molecular weight is 210 g/mol. The Labute approximate surface area is 67.0 Å². The zero-order valence-electron chi connectivity index (χ0n) is 5.50. The van der Waals surface area contributed by atoms with E-state index in [2.05, 4.69) is 25.8 Å². The fourth-order valence-corrected chi connectivity index (χ4v) is 0.678. The minimum Gasteiger partial charge on any atom is -0.461 e. The normalized spacial score (nSPS) is 11.2. The fraction of sp³-hybridized carbons (Fsp3) is 0.600. The van der Waals surface area contributed by atoms with Gasteiger partial charge in [0.15, 0.2) is 5.71 Å². The molecule has 0 heterocycles. The molecule has 0 aliphatic rings. The highest BCUT2D eigenvalue weighted by Gasteiger charge is 2.10. The SMILES string of the molecule is CCOC(=O)/C(CBr)=N\O. The molecule has 0 rings (SSSR count). The fourth-order valence-electron chi connectivity index (χ4n) is 0.337. The van der Waals surface area contributed by atoms with Gasteiger partial charge in [0.1, 0.15) is 0 Å². The summed E-state index contributed by atoms with van der Waals surface area (Å²) in [5.74, 6) is -0.595. The van der Waals surface area contributed by atoms with Crippen LogP contribution in [0.2, 0.25) is 0 Å². The minimum absolute atomic E-state index is 0.0261. The third kappa shape index (κ3) is 2.82. The standard InChI is InChI=1S/C5H8BrNO3/c1-2-10-5(8)4(3-6)7-9/h9H,2-3H2,1H3/b7-4-. The lowest BCUT2D eigenvalue weighted by molar-refractivity contribution is -0.135. The Morgan fingerprint density at radius 1 is 1.80 bits per heavy atom. The molecule has 0 spiro atoms. The van der Waals surface area contributed by atoms with Gasteiger partial charge in [0, 0.05) is 0 Å². The maximum Gasteiger partial charge on any atom is 0.356 e. The van der Waals surface area contributed by atoms with Gasteiger partial charge in [-0.1, -0.05) is 21.1 Å². The summed E-state index contributed by atoms with van der Waals surface area (Å²) in [6.07, 6.45) is 0. The Morgan fingerprint density at radius 3 is 2.70 bits per heavy atom. The van der Waals surface area contributed by atoms with E-state index in [1.807, 2.05) is 0 Å². The summed E-state index contributed by atoms with van der Waals surface area (Å²) >= 11 is 2.95. The summed E-state index contributed by atoms with van der Waals surface area (Å²) < 4.78 is 4.53. The van der Waals surface area contributed by atoms with Crippen molar-refractivity contribution in [1.29, 1.82) is 0 Å². The van der Waals surface area contributed by atoms with Crippen LogP contribution in [0.3, 0.4) is 0 Å². The van der Waals surface area contributed by atoms with Gasteiger partial charge in [-0.25, -0.2) is 4.79 Å². The molecule has 5 heteroatoms. The molecule has 0 aromatic carbocycles. The van der Waals surface area contributed by atoms with Crippen molar-refractivity contribution < 1.29 is 14.7 Å². The van der Waals surface area contributed by atoms with Crippen molar-refractivity contribution in [3.63, 3.8) is 0 Å². The third-order valence-corrected chi connectivity index (χ3v) is 1.29. The van der Waals surface area contributed by atoms with Crippen LogP contribution in [0.4, 0.5) is 0 Å². The lowest BCUT2D eigenvalue weighted by atomic mass is 10.4. The quantitative estimate of drug-likeness (QED) is 0.246. The van der Waals surface area contributed by atoms with Crippen molar-refractivity contribution in [2.45, 2.75) is 6.92 Å². The molecule has 58 valence electrons. The summed E-state index contributed by atoms with van der Waals surface area (Å²) in [6.45, 7) is 1.96. The van der Waals surface area contributed by atoms with E-state index >= 15 is 0 Å². The summed E-state index contributed by atoms with van der Waals surface area (Å²) in [7, 11) is 0. The molecule has 1 N–H and O–H groups in total. The van der Waals surface area contributed by atoms with Crippen LogP contribution >= 0.6 is 15.9 Å². The Bertz CT molecular complexity index is 146. The molecule has 0 radical (unpaired) electrons. The molecular weight excluding hydrogens is 202 g/mol. The summed E-state index contributed by atoms with van der Waals surface area (Å²) in [4.78, 5) is 10.7. The molecule has 0 aliphatic carbocycles. The number of rotatable bonds is 3. The number of carbonyl (C=O) groups excluding carboxylic acids is 1. The minimum atomic E-state index is -0.595. The van der Waals surface area contributed by atoms with Crippen molar-refractivity contribution in [1.82, 2.24) is 0 Å². The Morgan fingerprint density at radius 2 is 2.40 bits per heavy atom. The van der Waals surface area contributed by atoms with Gasteiger partial charge >= 0.3 is 5.97 Å². The van der Waals surface area contributed by atoms with Crippen molar-refractivity contribution in [3.05, 3.63) is 0 Å². The summed E-state index contributed by atoms with van der Waals surface area (Å²) in [5, 5.41) is 11.1. The van der Waals surface area contributed by atoms with Crippen LogP contribution in [0.15, 0.2) is 5.16 Å². The van der Waals surface area contributed by atoms with Crippen LogP contribution in [0, 0.1) is 0 Å². The molecule has 0 aromatic rings. The monoisotopic (exact) mass is 209 g/mol. The molecule has 0 aliphatic heterocycles. The van der Waals surface area contributed by atoms with E-state index in [9.17, 15) is 4.79 Å². The smallest absolute Gasteiger partial charge is 0.356 e. The van der Waals surface area contributed by atoms with Crippen LogP contribution in [0.1, 0.15) is 6.92 Å². The van der Waals surface area contributed by atoms with Gasteiger partial charge < -0.3 is 9.94 Å². The van der Waals surface area contributed by atoms with E-state index in [-0.39, 0.29) is 17.6 Å². The third-order valence-electron chi connectivity index (χ3n) is 0.758. The lowest BCUT2D eigenvalue weighted by Gasteiger charge is -1.98. The number of oxime groups is 1. The second-order valence-electron chi connectivity index (χ2n) is 1.40. The molecule has 0 atom stereocenters. The maximum atomic E-state index is 10.7. The number of esters is 1. The van der Waals surface area contributed by atoms with Crippen molar-refractivity contribution in [2.75, 3.05) is 11.9 Å². The van der Waals surface area contributed by atoms with Crippen LogP contribution in [0.25, 0.3) is 0 Å². The number of hydrogen-bond acceptors (Lipinski definition) is 4. The van der Waals surface area contributed by atoms with Gasteiger partial charge in [0.05, 0.1) is 11.9 Å². The van der Waals surface area contributed by atoms with Gasteiger partial charge in [-0.05, 0) is 6.92 Å². The van der Waals surface area contributed by atoms with Crippen LogP contribution < -0.4 is 0 Å². The Balaban J connectivity index is 3.91. The molecule has 0 bridgehead atoms. The number of halogens is 1. The van der Waals surface area contributed by atoms with E-state index in [0.29, 0.717) is 0 Å². The Hall–Kier alpha value is -0.580. The van der Waals surface area contributed by atoms with E-state index in [1.54, 1.807) is 6.92 Å². The number of ether oxygens (including phenoxy) is 1. The molecule has 0 saturated carbocycles. The first-order chi connectivity index (χ1) is 4.76. The van der Waals surface area contributed by atoms with Crippen LogP contribution in [-0.4, -0.2) is 28.8 Å². The highest BCUT2D eigenvalue weighted by atomic mass is 79.9. The molecule has 0 unspecified atom stereocenters. The number of hydrogen-bond donors (Lipinski definition) is 1. The highest BCUT2D eigenvalue weighted by Crippen LogP contribution is 1.89. The van der Waals surface area contributed by atoms with Crippen molar-refractivity contribution in [2.24, 2.45) is 5.16 Å². The lowest BCUT2D eigenvalue weighted by Crippen LogP contribution is -2.18. The first-order valence-electron chi connectivity index (χ1n) is 2.70. The topological polar surface area (TPSA) is 58.9 Å². The molecule has 0 saturated heterocycles. The van der Waals surface area contributed by atoms with Gasteiger partial charge in [-0.3, -0.25) is 0 Å². The van der Waals surface area contributed by atoms with E-state index in [0.717, 1.165) is 0 Å². The van der Waals surface area contributed by atoms with Gasteiger partial charge in [0.2, 0.25) is 0 Å². The summed E-state index contributed by atoms with van der Waals surface area (Å²) in [6, 6.07) is 0. The zero-order valence-corrected chi connectivity index (χ0v) is 7.09. The molecular formula is C5H8BrNO3. The largest absolute Gasteiger partial charge is 0.461 e. The average Bonchev–Trinajstić information content (AvgIpc) is 1.91. The van der Waals surface area contributed by atoms with Crippen LogP contribution in [-0.2, 0) is 9.53 Å². The number of alkyl halides is 1. The van der Waals surface area contributed by atoms with E-state index in [4.69, 9.17) is 5.21 Å². The molecule has 0 amide bonds. The van der Waals surface area contributed by atoms with E-state index < -0.39 is 5.97 Å². The zero-order chi connectivity index (χ0) is 7.98. The second kappa shape index (κ2) is 5.22. The van der Waals surface area contributed by atoms with E-state index in [1.165, 1.54) is 0 Å².